The standard InChI is InChI=1S/C21H19N3O/c25-21(20-14-6-2-1-5-13(14)9-10-23-20)24-19-16-8-4-3-7-15(16)17-11-22-12-18(17)19/h1-10,17-19,22H,11-12H2,(H,24,25)/t17-,18-,19+/m0/s1. The molecule has 2 N–H and O–H groups in total. The average molecular weight is 329 g/mol. The summed E-state index contributed by atoms with van der Waals surface area (Å²) in [7, 11) is 0. The summed E-state index contributed by atoms with van der Waals surface area (Å²) in [6.07, 6.45) is 1.71. The lowest BCUT2D eigenvalue weighted by atomic mass is 9.94. The highest BCUT2D eigenvalue weighted by Crippen LogP contribution is 2.46. The van der Waals surface area contributed by atoms with Crippen molar-refractivity contribution >= 4 is 16.7 Å². The lowest BCUT2D eigenvalue weighted by Gasteiger charge is -2.20. The molecule has 3 aromatic rings. The predicted octanol–water partition coefficient (Wildman–Crippen LogP) is 3.02. The number of nitrogens with one attached hydrogen (secondary N) is 2. The van der Waals surface area contributed by atoms with Gasteiger partial charge in [0, 0.05) is 36.5 Å². The van der Waals surface area contributed by atoms with Crippen LogP contribution in [0.15, 0.2) is 60.8 Å². The Balaban J connectivity index is 1.52. The summed E-state index contributed by atoms with van der Waals surface area (Å²) in [6.45, 7) is 1.92. The van der Waals surface area contributed by atoms with Crippen molar-refractivity contribution in [2.24, 2.45) is 5.92 Å². The molecule has 0 spiro atoms. The molecule has 0 unspecified atom stereocenters. The third-order valence-corrected chi connectivity index (χ3v) is 5.60. The Hall–Kier alpha value is -2.72. The number of pyridine rings is 1. The maximum Gasteiger partial charge on any atom is 0.271 e. The average Bonchev–Trinajstić information content (AvgIpc) is 3.24. The minimum atomic E-state index is -0.0934. The van der Waals surface area contributed by atoms with Crippen molar-refractivity contribution in [2.75, 3.05) is 13.1 Å². The van der Waals surface area contributed by atoms with E-state index in [1.807, 2.05) is 30.3 Å². The fraction of sp³-hybridized carbons (Fsp3) is 0.238. The first-order chi connectivity index (χ1) is 12.3. The van der Waals surface area contributed by atoms with Gasteiger partial charge in [0.2, 0.25) is 0 Å². The predicted molar refractivity (Wildman–Crippen MR) is 97.5 cm³/mol. The monoisotopic (exact) mass is 329 g/mol. The highest BCUT2D eigenvalue weighted by atomic mass is 16.2. The molecule has 25 heavy (non-hydrogen) atoms. The van der Waals surface area contributed by atoms with E-state index < -0.39 is 0 Å². The van der Waals surface area contributed by atoms with Crippen molar-refractivity contribution in [3.8, 4) is 0 Å². The van der Waals surface area contributed by atoms with Crippen LogP contribution in [0.3, 0.4) is 0 Å². The summed E-state index contributed by atoms with van der Waals surface area (Å²) in [5.41, 5.74) is 3.13. The van der Waals surface area contributed by atoms with Crippen molar-refractivity contribution in [2.45, 2.75) is 12.0 Å². The number of hydrogen-bond donors (Lipinski definition) is 2. The minimum Gasteiger partial charge on any atom is -0.344 e. The lowest BCUT2D eigenvalue weighted by molar-refractivity contribution is 0.0922. The van der Waals surface area contributed by atoms with Crippen molar-refractivity contribution in [1.82, 2.24) is 15.6 Å². The van der Waals surface area contributed by atoms with Crippen LogP contribution in [-0.2, 0) is 0 Å². The van der Waals surface area contributed by atoms with Crippen molar-refractivity contribution in [3.63, 3.8) is 0 Å². The van der Waals surface area contributed by atoms with Crippen LogP contribution in [0.4, 0.5) is 0 Å². The number of carbonyl (C=O) groups is 1. The van der Waals surface area contributed by atoms with Gasteiger partial charge in [0.25, 0.3) is 5.91 Å². The van der Waals surface area contributed by atoms with Crippen LogP contribution in [-0.4, -0.2) is 24.0 Å². The van der Waals surface area contributed by atoms with Crippen LogP contribution < -0.4 is 10.6 Å². The number of aromatic nitrogens is 1. The number of benzene rings is 2. The molecule has 2 aromatic carbocycles. The molecule has 4 heteroatoms. The summed E-state index contributed by atoms with van der Waals surface area (Å²) in [5.74, 6) is 0.808. The number of nitrogens with zero attached hydrogens (tertiary/aromatic N) is 1. The van der Waals surface area contributed by atoms with Crippen LogP contribution in [0, 0.1) is 5.92 Å². The Bertz CT molecular complexity index is 963. The molecule has 3 atom stereocenters. The summed E-state index contributed by atoms with van der Waals surface area (Å²) in [4.78, 5) is 17.4. The number of rotatable bonds is 2. The van der Waals surface area contributed by atoms with Crippen LogP contribution in [0.25, 0.3) is 10.8 Å². The van der Waals surface area contributed by atoms with Crippen LogP contribution in [0.2, 0.25) is 0 Å². The van der Waals surface area contributed by atoms with E-state index in [4.69, 9.17) is 0 Å². The number of fused-ring (bicyclic) bond motifs is 4. The van der Waals surface area contributed by atoms with Crippen molar-refractivity contribution < 1.29 is 4.79 Å². The molecular formula is C21H19N3O. The van der Waals surface area contributed by atoms with Crippen LogP contribution >= 0.6 is 0 Å². The van der Waals surface area contributed by atoms with Gasteiger partial charge in [0.05, 0.1) is 6.04 Å². The largest absolute Gasteiger partial charge is 0.344 e. The molecule has 2 heterocycles. The molecule has 124 valence electrons. The number of hydrogen-bond acceptors (Lipinski definition) is 3. The molecule has 0 bridgehead atoms. The quantitative estimate of drug-likeness (QED) is 0.760. The fourth-order valence-corrected chi connectivity index (χ4v) is 4.45. The molecule has 0 saturated carbocycles. The van der Waals surface area contributed by atoms with Crippen LogP contribution in [0.5, 0.6) is 0 Å². The van der Waals surface area contributed by atoms with Crippen molar-refractivity contribution in [1.29, 1.82) is 0 Å². The smallest absolute Gasteiger partial charge is 0.271 e. The van der Waals surface area contributed by atoms with Gasteiger partial charge in [-0.2, -0.15) is 0 Å². The minimum absolute atomic E-state index is 0.0458. The van der Waals surface area contributed by atoms with Crippen molar-refractivity contribution in [3.05, 3.63) is 77.6 Å². The zero-order valence-electron chi connectivity index (χ0n) is 13.8. The van der Waals surface area contributed by atoms with E-state index in [-0.39, 0.29) is 11.9 Å². The highest BCUT2D eigenvalue weighted by Gasteiger charge is 2.43. The Labute approximate surface area is 146 Å². The second kappa shape index (κ2) is 5.67. The van der Waals surface area contributed by atoms with Gasteiger partial charge in [0.15, 0.2) is 0 Å². The normalized spacial score (nSPS) is 24.1. The maximum absolute atomic E-state index is 13.0. The molecule has 1 saturated heterocycles. The highest BCUT2D eigenvalue weighted by molar-refractivity contribution is 6.05. The molecular weight excluding hydrogens is 310 g/mol. The summed E-state index contributed by atoms with van der Waals surface area (Å²) < 4.78 is 0. The SMILES string of the molecule is O=C(N[C@@H]1c2ccccc2[C@@H]2CNC[C@H]12)c1nccc2ccccc12. The molecule has 5 rings (SSSR count). The second-order valence-corrected chi connectivity index (χ2v) is 6.89. The fourth-order valence-electron chi connectivity index (χ4n) is 4.45. The molecule has 2 aliphatic rings. The molecule has 4 nitrogen and oxygen atoms in total. The lowest BCUT2D eigenvalue weighted by Crippen LogP contribution is -2.33. The van der Waals surface area contributed by atoms with E-state index in [0.717, 1.165) is 23.9 Å². The van der Waals surface area contributed by atoms with Gasteiger partial charge in [-0.15, -0.1) is 0 Å². The van der Waals surface area contributed by atoms with Crippen LogP contribution in [0.1, 0.15) is 33.6 Å². The van der Waals surface area contributed by atoms with E-state index in [0.29, 0.717) is 17.5 Å². The first-order valence-electron chi connectivity index (χ1n) is 8.77. The zero-order chi connectivity index (χ0) is 16.8. The Morgan fingerprint density at radius 3 is 2.72 bits per heavy atom. The molecule has 1 aromatic heterocycles. The van der Waals surface area contributed by atoms with Gasteiger partial charge in [-0.3, -0.25) is 9.78 Å². The zero-order valence-corrected chi connectivity index (χ0v) is 13.8. The molecule has 0 radical (unpaired) electrons. The molecule has 1 aliphatic carbocycles. The van der Waals surface area contributed by atoms with E-state index in [9.17, 15) is 4.79 Å². The van der Waals surface area contributed by atoms with Gasteiger partial charge in [0.1, 0.15) is 5.69 Å². The third-order valence-electron chi connectivity index (χ3n) is 5.60. The van der Waals surface area contributed by atoms with E-state index >= 15 is 0 Å². The summed E-state index contributed by atoms with van der Waals surface area (Å²) in [6, 6.07) is 18.4. The first-order valence-corrected chi connectivity index (χ1v) is 8.77. The van der Waals surface area contributed by atoms with Gasteiger partial charge >= 0.3 is 0 Å². The van der Waals surface area contributed by atoms with Gasteiger partial charge < -0.3 is 10.6 Å². The molecule has 1 amide bonds. The Morgan fingerprint density at radius 1 is 1.00 bits per heavy atom. The number of carbonyl (C=O) groups excluding carboxylic acids is 1. The Morgan fingerprint density at radius 2 is 1.80 bits per heavy atom. The topological polar surface area (TPSA) is 54.0 Å². The van der Waals surface area contributed by atoms with E-state index in [1.54, 1.807) is 6.20 Å². The molecule has 1 aliphatic heterocycles. The van der Waals surface area contributed by atoms with Gasteiger partial charge in [-0.05, 0) is 22.6 Å². The molecule has 1 fully saturated rings. The van der Waals surface area contributed by atoms with Gasteiger partial charge in [-0.1, -0.05) is 48.5 Å². The number of amides is 1. The van der Waals surface area contributed by atoms with E-state index in [1.165, 1.54) is 11.1 Å². The van der Waals surface area contributed by atoms with Gasteiger partial charge in [-0.25, -0.2) is 0 Å². The Kier molecular flexibility index (Phi) is 3.31. The third kappa shape index (κ3) is 2.25. The first kappa shape index (κ1) is 14.6. The summed E-state index contributed by atoms with van der Waals surface area (Å²) >= 11 is 0. The maximum atomic E-state index is 13.0. The summed E-state index contributed by atoms with van der Waals surface area (Å²) in [5, 5.41) is 8.68. The second-order valence-electron chi connectivity index (χ2n) is 6.89. The van der Waals surface area contributed by atoms with E-state index in [2.05, 4.69) is 39.9 Å².